The van der Waals surface area contributed by atoms with Crippen LogP contribution >= 0.6 is 27.5 Å². The summed E-state index contributed by atoms with van der Waals surface area (Å²) in [4.78, 5) is -0.404. The Labute approximate surface area is 128 Å². The van der Waals surface area contributed by atoms with E-state index in [0.717, 1.165) is 18.2 Å². The number of hydrogen-bond donors (Lipinski definition) is 2. The normalized spacial score (nSPS) is 11.3. The average molecular weight is 381 g/mol. The number of rotatable bonds is 3. The monoisotopic (exact) mass is 379 g/mol. The highest BCUT2D eigenvalue weighted by Crippen LogP contribution is 2.33. The zero-order chi connectivity index (χ0) is 14.9. The van der Waals surface area contributed by atoms with Gasteiger partial charge in [0.05, 0.1) is 15.2 Å². The van der Waals surface area contributed by atoms with Crippen molar-refractivity contribution in [3.05, 3.63) is 51.7 Å². The Morgan fingerprint density at radius 3 is 2.65 bits per heavy atom. The third-order valence-electron chi connectivity index (χ3n) is 2.41. The van der Waals surface area contributed by atoms with E-state index in [9.17, 15) is 17.9 Å². The van der Waals surface area contributed by atoms with Crippen LogP contribution in [0.15, 0.2) is 45.8 Å². The minimum Gasteiger partial charge on any atom is -0.505 e. The largest absolute Gasteiger partial charge is 0.505 e. The standard InChI is InChI=1S/C12H8BrClFNO3S/c13-8-2-1-3-10(12(8)17)16-20(18,19)11-6-7(15)4-5-9(11)14/h1-6,16-17H. The third kappa shape index (κ3) is 3.05. The number of halogens is 3. The van der Waals surface area contributed by atoms with Gasteiger partial charge in [0.15, 0.2) is 5.75 Å². The van der Waals surface area contributed by atoms with Crippen LogP contribution in [0, 0.1) is 5.82 Å². The molecule has 0 saturated heterocycles. The van der Waals surface area contributed by atoms with Gasteiger partial charge in [-0.15, -0.1) is 0 Å². The highest BCUT2D eigenvalue weighted by Gasteiger charge is 2.20. The smallest absolute Gasteiger partial charge is 0.263 e. The average Bonchev–Trinajstić information content (AvgIpc) is 2.37. The molecule has 0 saturated carbocycles. The summed E-state index contributed by atoms with van der Waals surface area (Å²) >= 11 is 8.83. The van der Waals surface area contributed by atoms with Crippen LogP contribution in [-0.2, 0) is 10.0 Å². The summed E-state index contributed by atoms with van der Waals surface area (Å²) in [5.41, 5.74) is -0.0419. The molecule has 8 heteroatoms. The third-order valence-corrected chi connectivity index (χ3v) is 4.90. The molecular formula is C12H8BrClFNO3S. The molecule has 0 aliphatic heterocycles. The van der Waals surface area contributed by atoms with Crippen molar-refractivity contribution in [3.63, 3.8) is 0 Å². The molecule has 0 radical (unpaired) electrons. The first-order chi connectivity index (χ1) is 9.31. The van der Waals surface area contributed by atoms with Crippen molar-refractivity contribution in [1.29, 1.82) is 0 Å². The van der Waals surface area contributed by atoms with Gasteiger partial charge in [-0.3, -0.25) is 4.72 Å². The van der Waals surface area contributed by atoms with Crippen LogP contribution in [0.1, 0.15) is 0 Å². The van der Waals surface area contributed by atoms with Crippen LogP contribution in [-0.4, -0.2) is 13.5 Å². The number of benzene rings is 2. The summed E-state index contributed by atoms with van der Waals surface area (Å²) in [5.74, 6) is -1.00. The van der Waals surface area contributed by atoms with Crippen molar-refractivity contribution in [2.45, 2.75) is 4.90 Å². The van der Waals surface area contributed by atoms with Gasteiger partial charge >= 0.3 is 0 Å². The molecule has 106 valence electrons. The molecule has 0 unspecified atom stereocenters. The first-order valence-corrected chi connectivity index (χ1v) is 7.92. The van der Waals surface area contributed by atoms with Gasteiger partial charge in [0.1, 0.15) is 10.7 Å². The van der Waals surface area contributed by atoms with Crippen LogP contribution in [0.5, 0.6) is 5.75 Å². The number of hydrogen-bond acceptors (Lipinski definition) is 3. The van der Waals surface area contributed by atoms with Gasteiger partial charge in [-0.2, -0.15) is 0 Å². The Kier molecular flexibility index (Phi) is 4.22. The van der Waals surface area contributed by atoms with E-state index in [2.05, 4.69) is 20.7 Å². The SMILES string of the molecule is O=S(=O)(Nc1cccc(Br)c1O)c1cc(F)ccc1Cl. The van der Waals surface area contributed by atoms with Gasteiger partial charge < -0.3 is 5.11 Å². The second kappa shape index (κ2) is 5.59. The maximum atomic E-state index is 13.2. The second-order valence-corrected chi connectivity index (χ2v) is 6.73. The minimum absolute atomic E-state index is 0.0419. The lowest BCUT2D eigenvalue weighted by Gasteiger charge is -2.11. The molecule has 2 N–H and O–H groups in total. The topological polar surface area (TPSA) is 66.4 Å². The van der Waals surface area contributed by atoms with Crippen molar-refractivity contribution >= 4 is 43.2 Å². The van der Waals surface area contributed by atoms with Gasteiger partial charge in [-0.25, -0.2) is 12.8 Å². The van der Waals surface area contributed by atoms with E-state index in [1.807, 2.05) is 0 Å². The first kappa shape index (κ1) is 15.1. The molecule has 0 atom stereocenters. The van der Waals surface area contributed by atoms with E-state index in [4.69, 9.17) is 11.6 Å². The molecular weight excluding hydrogens is 373 g/mol. The summed E-state index contributed by atoms with van der Waals surface area (Å²) in [7, 11) is -4.11. The molecule has 0 bridgehead atoms. The highest BCUT2D eigenvalue weighted by atomic mass is 79.9. The van der Waals surface area contributed by atoms with Crippen molar-refractivity contribution in [2.75, 3.05) is 4.72 Å². The van der Waals surface area contributed by atoms with Crippen LogP contribution in [0.25, 0.3) is 0 Å². The highest BCUT2D eigenvalue weighted by molar-refractivity contribution is 9.10. The van der Waals surface area contributed by atoms with Gasteiger partial charge in [0.2, 0.25) is 0 Å². The lowest BCUT2D eigenvalue weighted by molar-refractivity contribution is 0.474. The predicted octanol–water partition coefficient (Wildman–Crippen LogP) is 3.75. The van der Waals surface area contributed by atoms with E-state index < -0.39 is 20.7 Å². The Hall–Kier alpha value is -1.31. The van der Waals surface area contributed by atoms with Crippen LogP contribution in [0.2, 0.25) is 5.02 Å². The molecule has 0 spiro atoms. The van der Waals surface area contributed by atoms with E-state index in [1.54, 1.807) is 6.07 Å². The Morgan fingerprint density at radius 1 is 1.25 bits per heavy atom. The maximum Gasteiger partial charge on any atom is 0.263 e. The van der Waals surface area contributed by atoms with Crippen LogP contribution in [0.3, 0.4) is 0 Å². The van der Waals surface area contributed by atoms with Crippen molar-refractivity contribution < 1.29 is 17.9 Å². The quantitative estimate of drug-likeness (QED) is 0.797. The second-order valence-electron chi connectivity index (χ2n) is 3.82. The Balaban J connectivity index is 2.46. The number of phenols is 1. The number of aromatic hydroxyl groups is 1. The fourth-order valence-corrected chi connectivity index (χ4v) is 3.43. The van der Waals surface area contributed by atoms with Crippen molar-refractivity contribution in [1.82, 2.24) is 0 Å². The lowest BCUT2D eigenvalue weighted by atomic mass is 10.3. The summed E-state index contributed by atoms with van der Waals surface area (Å²) in [6, 6.07) is 7.45. The number of nitrogens with one attached hydrogen (secondary N) is 1. The summed E-state index contributed by atoms with van der Waals surface area (Å²) in [6.07, 6.45) is 0. The maximum absolute atomic E-state index is 13.2. The number of anilines is 1. The van der Waals surface area contributed by atoms with E-state index >= 15 is 0 Å². The number of phenolic OH excluding ortho intramolecular Hbond substituents is 1. The molecule has 2 rings (SSSR count). The molecule has 0 aliphatic rings. The van der Waals surface area contributed by atoms with Gasteiger partial charge in [0, 0.05) is 0 Å². The molecule has 2 aromatic carbocycles. The molecule has 0 heterocycles. The van der Waals surface area contributed by atoms with Crippen LogP contribution < -0.4 is 4.72 Å². The minimum atomic E-state index is -4.11. The van der Waals surface area contributed by atoms with E-state index in [0.29, 0.717) is 4.47 Å². The van der Waals surface area contributed by atoms with E-state index in [1.165, 1.54) is 12.1 Å². The van der Waals surface area contributed by atoms with Crippen molar-refractivity contribution in [3.8, 4) is 5.75 Å². The van der Waals surface area contributed by atoms with Crippen molar-refractivity contribution in [2.24, 2.45) is 0 Å². The number of para-hydroxylation sites is 1. The first-order valence-electron chi connectivity index (χ1n) is 5.26. The summed E-state index contributed by atoms with van der Waals surface area (Å²) in [5, 5.41) is 9.63. The zero-order valence-electron chi connectivity index (χ0n) is 9.77. The summed E-state index contributed by atoms with van der Waals surface area (Å²) < 4.78 is 39.9. The molecule has 4 nitrogen and oxygen atoms in total. The molecule has 2 aromatic rings. The van der Waals surface area contributed by atoms with Crippen LogP contribution in [0.4, 0.5) is 10.1 Å². The molecule has 0 aliphatic carbocycles. The fourth-order valence-electron chi connectivity index (χ4n) is 1.48. The Morgan fingerprint density at radius 2 is 1.95 bits per heavy atom. The van der Waals surface area contributed by atoms with Gasteiger partial charge in [0.25, 0.3) is 10.0 Å². The van der Waals surface area contributed by atoms with Gasteiger partial charge in [-0.05, 0) is 46.3 Å². The molecule has 20 heavy (non-hydrogen) atoms. The predicted molar refractivity (Wildman–Crippen MR) is 78.0 cm³/mol. The van der Waals surface area contributed by atoms with E-state index in [-0.39, 0.29) is 16.5 Å². The Bertz CT molecular complexity index is 767. The molecule has 0 amide bonds. The lowest BCUT2D eigenvalue weighted by Crippen LogP contribution is -2.14. The fraction of sp³-hybridized carbons (Fsp3) is 0. The molecule has 0 fully saturated rings. The number of sulfonamides is 1. The molecule has 0 aromatic heterocycles. The summed E-state index contributed by atoms with van der Waals surface area (Å²) in [6.45, 7) is 0. The van der Waals surface area contributed by atoms with Gasteiger partial charge in [-0.1, -0.05) is 17.7 Å². The zero-order valence-corrected chi connectivity index (χ0v) is 12.9.